The van der Waals surface area contributed by atoms with Crippen LogP contribution >= 0.6 is 11.8 Å². The fourth-order valence-corrected chi connectivity index (χ4v) is 2.43. The second-order valence-electron chi connectivity index (χ2n) is 2.97. The van der Waals surface area contributed by atoms with Crippen molar-refractivity contribution in [1.29, 1.82) is 5.26 Å². The number of nitriles is 1. The molecule has 0 aliphatic carbocycles. The maximum absolute atomic E-state index is 8.71. The smallest absolute Gasteiger partial charge is 0.0952 e. The Labute approximate surface area is 72.6 Å². The predicted molar refractivity (Wildman–Crippen MR) is 48.6 cm³/mol. The van der Waals surface area contributed by atoms with Crippen LogP contribution in [0.15, 0.2) is 0 Å². The monoisotopic (exact) mass is 170 g/mol. The molecule has 0 aromatic carbocycles. The zero-order valence-electron chi connectivity index (χ0n) is 7.08. The number of hydrogen-bond acceptors (Lipinski definition) is 3. The third kappa shape index (κ3) is 2.11. The summed E-state index contributed by atoms with van der Waals surface area (Å²) < 4.78 is 0. The molecule has 2 atom stereocenters. The van der Waals surface area contributed by atoms with E-state index in [9.17, 15) is 0 Å². The second-order valence-corrected chi connectivity index (χ2v) is 4.12. The highest BCUT2D eigenvalue weighted by molar-refractivity contribution is 7.99. The van der Waals surface area contributed by atoms with Crippen molar-refractivity contribution in [1.82, 2.24) is 4.90 Å². The zero-order valence-corrected chi connectivity index (χ0v) is 7.90. The van der Waals surface area contributed by atoms with Gasteiger partial charge in [-0.3, -0.25) is 4.90 Å². The van der Waals surface area contributed by atoms with Crippen LogP contribution in [-0.2, 0) is 0 Å². The van der Waals surface area contributed by atoms with E-state index in [0.717, 1.165) is 6.54 Å². The predicted octanol–water partition coefficient (Wildman–Crippen LogP) is 1.34. The molecule has 0 aromatic heterocycles. The lowest BCUT2D eigenvalue weighted by Gasteiger charge is -2.34. The second kappa shape index (κ2) is 3.99. The van der Waals surface area contributed by atoms with E-state index in [1.54, 1.807) is 0 Å². The molecule has 0 saturated carbocycles. The van der Waals surface area contributed by atoms with Crippen LogP contribution in [-0.4, -0.2) is 35.0 Å². The molecule has 2 nitrogen and oxygen atoms in total. The Hall–Kier alpha value is -0.200. The fourth-order valence-electron chi connectivity index (χ4n) is 1.39. The maximum atomic E-state index is 8.71. The third-order valence-corrected chi connectivity index (χ3v) is 3.29. The molecule has 62 valence electrons. The molecule has 3 heteroatoms. The summed E-state index contributed by atoms with van der Waals surface area (Å²) in [7, 11) is 0. The summed E-state index contributed by atoms with van der Waals surface area (Å²) in [5.74, 6) is 2.35. The summed E-state index contributed by atoms with van der Waals surface area (Å²) >= 11 is 1.98. The van der Waals surface area contributed by atoms with Gasteiger partial charge in [-0.05, 0) is 13.8 Å². The Morgan fingerprint density at radius 2 is 2.45 bits per heavy atom. The van der Waals surface area contributed by atoms with Gasteiger partial charge in [0.25, 0.3) is 0 Å². The van der Waals surface area contributed by atoms with Crippen molar-refractivity contribution < 1.29 is 0 Å². The van der Waals surface area contributed by atoms with Crippen molar-refractivity contribution in [3.05, 3.63) is 0 Å². The number of rotatable bonds is 1. The summed E-state index contributed by atoms with van der Waals surface area (Å²) in [6, 6.07) is 2.94. The molecule has 0 radical (unpaired) electrons. The van der Waals surface area contributed by atoms with Gasteiger partial charge in [0.1, 0.15) is 0 Å². The third-order valence-electron chi connectivity index (χ3n) is 2.10. The van der Waals surface area contributed by atoms with E-state index in [0.29, 0.717) is 6.04 Å². The zero-order chi connectivity index (χ0) is 8.27. The molecule has 0 N–H and O–H groups in total. The lowest BCUT2D eigenvalue weighted by Crippen LogP contribution is -2.45. The van der Waals surface area contributed by atoms with Crippen molar-refractivity contribution >= 4 is 11.8 Å². The molecule has 0 amide bonds. The van der Waals surface area contributed by atoms with Crippen LogP contribution in [0.5, 0.6) is 0 Å². The molecular formula is C8H14N2S. The van der Waals surface area contributed by atoms with Crippen LogP contribution in [0.25, 0.3) is 0 Å². The van der Waals surface area contributed by atoms with Crippen LogP contribution in [0.4, 0.5) is 0 Å². The molecule has 11 heavy (non-hydrogen) atoms. The van der Waals surface area contributed by atoms with E-state index in [1.165, 1.54) is 11.5 Å². The Kier molecular flexibility index (Phi) is 3.22. The van der Waals surface area contributed by atoms with Crippen LogP contribution in [0.3, 0.4) is 0 Å². The fraction of sp³-hybridized carbons (Fsp3) is 0.875. The van der Waals surface area contributed by atoms with Crippen molar-refractivity contribution in [2.24, 2.45) is 0 Å². The lowest BCUT2D eigenvalue weighted by atomic mass is 10.2. The Morgan fingerprint density at radius 3 is 3.00 bits per heavy atom. The van der Waals surface area contributed by atoms with E-state index in [2.05, 4.69) is 17.9 Å². The van der Waals surface area contributed by atoms with Crippen molar-refractivity contribution in [3.63, 3.8) is 0 Å². The molecule has 1 rings (SSSR count). The number of hydrogen-bond donors (Lipinski definition) is 0. The molecule has 2 unspecified atom stereocenters. The molecule has 0 spiro atoms. The van der Waals surface area contributed by atoms with Crippen molar-refractivity contribution in [3.8, 4) is 6.07 Å². The van der Waals surface area contributed by atoms with Gasteiger partial charge in [-0.2, -0.15) is 17.0 Å². The van der Waals surface area contributed by atoms with Gasteiger partial charge in [0.2, 0.25) is 0 Å². The lowest BCUT2D eigenvalue weighted by molar-refractivity contribution is 0.206. The minimum Gasteiger partial charge on any atom is -0.284 e. The van der Waals surface area contributed by atoms with Crippen molar-refractivity contribution in [2.45, 2.75) is 25.9 Å². The van der Waals surface area contributed by atoms with E-state index in [1.807, 2.05) is 18.7 Å². The average Bonchev–Trinajstić information content (AvgIpc) is 2.04. The van der Waals surface area contributed by atoms with Gasteiger partial charge >= 0.3 is 0 Å². The molecule has 1 heterocycles. The van der Waals surface area contributed by atoms with E-state index in [-0.39, 0.29) is 6.04 Å². The van der Waals surface area contributed by atoms with E-state index in [4.69, 9.17) is 5.26 Å². The van der Waals surface area contributed by atoms with Gasteiger partial charge in [-0.25, -0.2) is 0 Å². The van der Waals surface area contributed by atoms with Gasteiger partial charge in [-0.15, -0.1) is 0 Å². The highest BCUT2D eigenvalue weighted by Crippen LogP contribution is 2.17. The molecule has 1 saturated heterocycles. The SMILES string of the molecule is CC(C#N)N1CCSCC1C. The topological polar surface area (TPSA) is 27.0 Å². The highest BCUT2D eigenvalue weighted by Gasteiger charge is 2.22. The Bertz CT molecular complexity index is 164. The normalized spacial score (nSPS) is 29.4. The standard InChI is InChI=1S/C8H14N2S/c1-7(5-9)10-3-4-11-6-8(10)2/h7-8H,3-4,6H2,1-2H3. The molecular weight excluding hydrogens is 156 g/mol. The van der Waals surface area contributed by atoms with Gasteiger partial charge in [0.15, 0.2) is 0 Å². The summed E-state index contributed by atoms with van der Waals surface area (Å²) in [5.41, 5.74) is 0. The van der Waals surface area contributed by atoms with Gasteiger partial charge < -0.3 is 0 Å². The van der Waals surface area contributed by atoms with Gasteiger partial charge in [0.05, 0.1) is 12.1 Å². The van der Waals surface area contributed by atoms with E-state index < -0.39 is 0 Å². The molecule has 1 aliphatic rings. The van der Waals surface area contributed by atoms with Crippen LogP contribution < -0.4 is 0 Å². The first-order valence-electron chi connectivity index (χ1n) is 3.99. The van der Waals surface area contributed by atoms with Gasteiger partial charge in [-0.1, -0.05) is 0 Å². The number of thioether (sulfide) groups is 1. The molecule has 1 fully saturated rings. The minimum atomic E-state index is 0.0888. The number of nitrogens with zero attached hydrogens (tertiary/aromatic N) is 2. The molecule has 0 bridgehead atoms. The maximum Gasteiger partial charge on any atom is 0.0952 e. The summed E-state index contributed by atoms with van der Waals surface area (Å²) in [4.78, 5) is 2.27. The molecule has 0 aromatic rings. The van der Waals surface area contributed by atoms with Crippen molar-refractivity contribution in [2.75, 3.05) is 18.1 Å². The van der Waals surface area contributed by atoms with Crippen LogP contribution in [0, 0.1) is 11.3 Å². The Morgan fingerprint density at radius 1 is 1.73 bits per heavy atom. The summed E-state index contributed by atoms with van der Waals surface area (Å²) in [6.45, 7) is 5.24. The molecule has 1 aliphatic heterocycles. The minimum absolute atomic E-state index is 0.0888. The van der Waals surface area contributed by atoms with Gasteiger partial charge in [0, 0.05) is 24.1 Å². The van der Waals surface area contributed by atoms with E-state index >= 15 is 0 Å². The Balaban J connectivity index is 2.48. The first-order valence-corrected chi connectivity index (χ1v) is 5.14. The average molecular weight is 170 g/mol. The van der Waals surface area contributed by atoms with Crippen LogP contribution in [0.2, 0.25) is 0 Å². The highest BCUT2D eigenvalue weighted by atomic mass is 32.2. The first-order chi connectivity index (χ1) is 5.25. The quantitative estimate of drug-likeness (QED) is 0.594. The summed E-state index contributed by atoms with van der Waals surface area (Å²) in [6.07, 6.45) is 0. The first kappa shape index (κ1) is 8.89. The van der Waals surface area contributed by atoms with Crippen LogP contribution in [0.1, 0.15) is 13.8 Å². The summed E-state index contributed by atoms with van der Waals surface area (Å²) in [5, 5.41) is 8.71. The largest absolute Gasteiger partial charge is 0.284 e.